The highest BCUT2D eigenvalue weighted by molar-refractivity contribution is 9.10. The molecule has 110 valence electrons. The lowest BCUT2D eigenvalue weighted by Gasteiger charge is -2.36. The molecule has 0 spiro atoms. The van der Waals surface area contributed by atoms with Crippen LogP contribution in [0, 0.1) is 17.3 Å². The maximum absolute atomic E-state index is 12.6. The molecule has 0 heterocycles. The van der Waals surface area contributed by atoms with Gasteiger partial charge in [0.2, 0.25) is 0 Å². The predicted octanol–water partition coefficient (Wildman–Crippen LogP) is 5.07. The Kier molecular flexibility index (Phi) is 4.58. The first-order valence-electron chi connectivity index (χ1n) is 7.38. The molecule has 1 aromatic carbocycles. The number of ketones is 1. The van der Waals surface area contributed by atoms with Gasteiger partial charge in [-0.2, -0.15) is 0 Å². The molecule has 2 nitrogen and oxygen atoms in total. The monoisotopic (exact) mass is 337 g/mol. The largest absolute Gasteiger partial charge is 0.399 e. The highest BCUT2D eigenvalue weighted by Crippen LogP contribution is 2.41. The van der Waals surface area contributed by atoms with Gasteiger partial charge in [0.05, 0.1) is 0 Å². The molecule has 0 aliphatic heterocycles. The fourth-order valence-electron chi connectivity index (χ4n) is 3.17. The summed E-state index contributed by atoms with van der Waals surface area (Å²) in [6.45, 7) is 6.91. The van der Waals surface area contributed by atoms with Gasteiger partial charge in [-0.1, -0.05) is 20.8 Å². The van der Waals surface area contributed by atoms with Crippen LogP contribution in [0.15, 0.2) is 22.7 Å². The molecule has 0 atom stereocenters. The Labute approximate surface area is 130 Å². The molecule has 0 radical (unpaired) electrons. The fraction of sp³-hybridized carbons (Fsp3) is 0.588. The SMILES string of the molecule is CC(C)(C)C1CCC(C(=O)c2ccc(N)cc2Br)CC1. The summed E-state index contributed by atoms with van der Waals surface area (Å²) >= 11 is 3.46. The van der Waals surface area contributed by atoms with E-state index >= 15 is 0 Å². The number of anilines is 1. The van der Waals surface area contributed by atoms with Crippen molar-refractivity contribution in [3.8, 4) is 0 Å². The number of halogens is 1. The Bertz CT molecular complexity index is 496. The van der Waals surface area contributed by atoms with Crippen LogP contribution in [-0.2, 0) is 0 Å². The molecule has 0 unspecified atom stereocenters. The van der Waals surface area contributed by atoms with Crippen LogP contribution in [0.4, 0.5) is 5.69 Å². The van der Waals surface area contributed by atoms with Crippen molar-refractivity contribution in [3.05, 3.63) is 28.2 Å². The normalized spacial score (nSPS) is 23.6. The van der Waals surface area contributed by atoms with Crippen molar-refractivity contribution >= 4 is 27.4 Å². The Morgan fingerprint density at radius 2 is 1.80 bits per heavy atom. The maximum Gasteiger partial charge on any atom is 0.167 e. The predicted molar refractivity (Wildman–Crippen MR) is 87.8 cm³/mol. The number of nitrogens with two attached hydrogens (primary N) is 1. The van der Waals surface area contributed by atoms with Crippen molar-refractivity contribution in [1.82, 2.24) is 0 Å². The van der Waals surface area contributed by atoms with E-state index in [1.54, 1.807) is 6.07 Å². The zero-order chi connectivity index (χ0) is 14.9. The minimum atomic E-state index is 0.175. The Morgan fingerprint density at radius 1 is 1.20 bits per heavy atom. The van der Waals surface area contributed by atoms with E-state index in [0.717, 1.165) is 41.6 Å². The summed E-state index contributed by atoms with van der Waals surface area (Å²) in [6.07, 6.45) is 4.34. The molecule has 1 aromatic rings. The number of carbonyl (C=O) groups excluding carboxylic acids is 1. The van der Waals surface area contributed by atoms with Gasteiger partial charge in [0, 0.05) is 21.6 Å². The van der Waals surface area contributed by atoms with Crippen molar-refractivity contribution in [1.29, 1.82) is 0 Å². The van der Waals surface area contributed by atoms with Crippen LogP contribution in [0.2, 0.25) is 0 Å². The number of hydrogen-bond acceptors (Lipinski definition) is 2. The van der Waals surface area contributed by atoms with E-state index < -0.39 is 0 Å². The molecular formula is C17H24BrNO. The van der Waals surface area contributed by atoms with E-state index in [1.165, 1.54) is 0 Å². The van der Waals surface area contributed by atoms with Crippen LogP contribution >= 0.6 is 15.9 Å². The van der Waals surface area contributed by atoms with Crippen molar-refractivity contribution in [3.63, 3.8) is 0 Å². The number of hydrogen-bond donors (Lipinski definition) is 1. The molecular weight excluding hydrogens is 314 g/mol. The molecule has 2 rings (SSSR count). The first-order chi connectivity index (χ1) is 9.29. The second kappa shape index (κ2) is 5.88. The number of carbonyl (C=O) groups is 1. The van der Waals surface area contributed by atoms with E-state index in [4.69, 9.17) is 5.73 Å². The van der Waals surface area contributed by atoms with Gasteiger partial charge in [0.25, 0.3) is 0 Å². The number of nitrogen functional groups attached to an aromatic ring is 1. The summed E-state index contributed by atoms with van der Waals surface area (Å²) in [4.78, 5) is 12.6. The fourth-order valence-corrected chi connectivity index (χ4v) is 3.76. The van der Waals surface area contributed by atoms with Crippen LogP contribution in [0.3, 0.4) is 0 Å². The maximum atomic E-state index is 12.6. The van der Waals surface area contributed by atoms with Crippen molar-refractivity contribution in [2.45, 2.75) is 46.5 Å². The molecule has 1 fully saturated rings. The third kappa shape index (κ3) is 3.43. The molecule has 3 heteroatoms. The molecule has 0 amide bonds. The topological polar surface area (TPSA) is 43.1 Å². The smallest absolute Gasteiger partial charge is 0.167 e. The standard InChI is InChI=1S/C17H24BrNO/c1-17(2,3)12-6-4-11(5-7-12)16(20)14-9-8-13(19)10-15(14)18/h8-12H,4-7,19H2,1-3H3. The first kappa shape index (κ1) is 15.6. The average molecular weight is 338 g/mol. The summed E-state index contributed by atoms with van der Waals surface area (Å²) in [5, 5.41) is 0. The average Bonchev–Trinajstić information content (AvgIpc) is 2.37. The molecule has 0 bridgehead atoms. The third-order valence-corrected chi connectivity index (χ3v) is 5.24. The van der Waals surface area contributed by atoms with Crippen LogP contribution in [0.5, 0.6) is 0 Å². The van der Waals surface area contributed by atoms with E-state index in [9.17, 15) is 4.79 Å². The van der Waals surface area contributed by atoms with Gasteiger partial charge in [-0.3, -0.25) is 4.79 Å². The molecule has 0 aromatic heterocycles. The van der Waals surface area contributed by atoms with E-state index in [1.807, 2.05) is 12.1 Å². The van der Waals surface area contributed by atoms with E-state index in [0.29, 0.717) is 11.1 Å². The summed E-state index contributed by atoms with van der Waals surface area (Å²) in [7, 11) is 0. The van der Waals surface area contributed by atoms with E-state index in [2.05, 4.69) is 36.7 Å². The van der Waals surface area contributed by atoms with Crippen LogP contribution in [-0.4, -0.2) is 5.78 Å². The summed E-state index contributed by atoms with van der Waals surface area (Å²) in [5.74, 6) is 1.18. The van der Waals surface area contributed by atoms with Gasteiger partial charge in [-0.25, -0.2) is 0 Å². The highest BCUT2D eigenvalue weighted by atomic mass is 79.9. The Balaban J connectivity index is 2.05. The van der Waals surface area contributed by atoms with Gasteiger partial charge < -0.3 is 5.73 Å². The van der Waals surface area contributed by atoms with Gasteiger partial charge in [0.15, 0.2) is 5.78 Å². The second-order valence-corrected chi connectivity index (χ2v) is 7.87. The molecule has 1 aliphatic rings. The lowest BCUT2D eigenvalue weighted by molar-refractivity contribution is 0.0818. The first-order valence-corrected chi connectivity index (χ1v) is 8.17. The van der Waals surface area contributed by atoms with Crippen LogP contribution in [0.25, 0.3) is 0 Å². The van der Waals surface area contributed by atoms with Gasteiger partial charge in [-0.15, -0.1) is 0 Å². The molecule has 1 saturated carbocycles. The summed E-state index contributed by atoms with van der Waals surface area (Å²) in [6, 6.07) is 5.46. The summed E-state index contributed by atoms with van der Waals surface area (Å²) < 4.78 is 0.820. The number of benzene rings is 1. The van der Waals surface area contributed by atoms with Crippen molar-refractivity contribution in [2.75, 3.05) is 5.73 Å². The minimum Gasteiger partial charge on any atom is -0.399 e. The molecule has 1 aliphatic carbocycles. The van der Waals surface area contributed by atoms with Crippen LogP contribution in [0.1, 0.15) is 56.8 Å². The highest BCUT2D eigenvalue weighted by Gasteiger charge is 2.33. The Hall–Kier alpha value is -0.830. The molecule has 2 N–H and O–H groups in total. The Morgan fingerprint density at radius 3 is 2.30 bits per heavy atom. The second-order valence-electron chi connectivity index (χ2n) is 7.02. The lowest BCUT2D eigenvalue weighted by Crippen LogP contribution is -2.29. The van der Waals surface area contributed by atoms with E-state index in [-0.39, 0.29) is 11.7 Å². The molecule has 0 saturated heterocycles. The third-order valence-electron chi connectivity index (χ3n) is 4.58. The van der Waals surface area contributed by atoms with Crippen LogP contribution < -0.4 is 5.73 Å². The van der Waals surface area contributed by atoms with Crippen molar-refractivity contribution < 1.29 is 4.79 Å². The van der Waals surface area contributed by atoms with Gasteiger partial charge >= 0.3 is 0 Å². The van der Waals surface area contributed by atoms with Crippen molar-refractivity contribution in [2.24, 2.45) is 17.3 Å². The minimum absolute atomic E-state index is 0.175. The zero-order valence-electron chi connectivity index (χ0n) is 12.6. The van der Waals surface area contributed by atoms with Gasteiger partial charge in [0.1, 0.15) is 0 Å². The number of Topliss-reactive ketones (excluding diaryl/α,β-unsaturated/α-hetero) is 1. The van der Waals surface area contributed by atoms with Gasteiger partial charge in [-0.05, 0) is 71.1 Å². The zero-order valence-corrected chi connectivity index (χ0v) is 14.2. The number of rotatable bonds is 2. The lowest BCUT2D eigenvalue weighted by atomic mass is 9.69. The quantitative estimate of drug-likeness (QED) is 0.604. The summed E-state index contributed by atoms with van der Waals surface area (Å²) in [5.41, 5.74) is 7.55. The molecule has 20 heavy (non-hydrogen) atoms.